The Morgan fingerprint density at radius 1 is 1.26 bits per heavy atom. The third kappa shape index (κ3) is 4.67. The van der Waals surface area contributed by atoms with Crippen LogP contribution in [0.2, 0.25) is 0 Å². The van der Waals surface area contributed by atoms with Gasteiger partial charge in [0.15, 0.2) is 0 Å². The first kappa shape index (κ1) is 16.7. The number of unbranched alkanes of at least 4 members (excludes halogenated alkanes) is 1. The third-order valence-electron chi connectivity index (χ3n) is 3.41. The second-order valence-corrected chi connectivity index (χ2v) is 5.21. The van der Waals surface area contributed by atoms with E-state index in [0.29, 0.717) is 17.3 Å². The fourth-order valence-corrected chi connectivity index (χ4v) is 2.05. The minimum absolute atomic E-state index is 0.349. The highest BCUT2D eigenvalue weighted by atomic mass is 16.5. The molecule has 6 nitrogen and oxygen atoms in total. The van der Waals surface area contributed by atoms with Gasteiger partial charge >= 0.3 is 5.97 Å². The fourth-order valence-electron chi connectivity index (χ4n) is 2.05. The zero-order valence-corrected chi connectivity index (χ0v) is 13.7. The number of hydrogen-bond donors (Lipinski definition) is 1. The van der Waals surface area contributed by atoms with Crippen LogP contribution in [0, 0.1) is 0 Å². The van der Waals surface area contributed by atoms with Gasteiger partial charge in [-0.1, -0.05) is 13.3 Å². The first-order valence-electron chi connectivity index (χ1n) is 7.63. The lowest BCUT2D eigenvalue weighted by Crippen LogP contribution is -2.21. The van der Waals surface area contributed by atoms with E-state index in [9.17, 15) is 4.79 Å². The molecule has 2 rings (SSSR count). The van der Waals surface area contributed by atoms with E-state index < -0.39 is 0 Å². The molecule has 1 aromatic heterocycles. The number of methoxy groups -OCH3 is 1. The molecule has 0 radical (unpaired) electrons. The molecule has 23 heavy (non-hydrogen) atoms. The first-order valence-corrected chi connectivity index (χ1v) is 7.63. The Kier molecular flexibility index (Phi) is 5.91. The summed E-state index contributed by atoms with van der Waals surface area (Å²) in [6, 6.07) is 8.86. The number of nitrogens with one attached hydrogen (secondary N) is 1. The van der Waals surface area contributed by atoms with Gasteiger partial charge in [-0.25, -0.2) is 9.78 Å². The number of carbonyl (C=O) groups is 1. The number of ether oxygens (including phenoxy) is 1. The van der Waals surface area contributed by atoms with Crippen molar-refractivity contribution in [1.29, 1.82) is 0 Å². The Bertz CT molecular complexity index is 643. The molecule has 0 saturated carbocycles. The smallest absolute Gasteiger partial charge is 0.337 e. The van der Waals surface area contributed by atoms with Crippen molar-refractivity contribution in [3.8, 4) is 0 Å². The Labute approximate surface area is 136 Å². The maximum atomic E-state index is 11.4. The van der Waals surface area contributed by atoms with Gasteiger partial charge in [0.05, 0.1) is 12.7 Å². The predicted octanol–water partition coefficient (Wildman–Crippen LogP) is 3.24. The zero-order chi connectivity index (χ0) is 16.7. The number of aromatic nitrogens is 2. The number of nitrogens with zero attached hydrogens (tertiary/aromatic N) is 3. The highest BCUT2D eigenvalue weighted by Gasteiger charge is 2.07. The minimum atomic E-state index is -0.349. The van der Waals surface area contributed by atoms with Gasteiger partial charge in [-0.2, -0.15) is 4.98 Å². The zero-order valence-electron chi connectivity index (χ0n) is 13.7. The van der Waals surface area contributed by atoms with Gasteiger partial charge in [-0.15, -0.1) is 0 Å². The number of hydrogen-bond acceptors (Lipinski definition) is 6. The van der Waals surface area contributed by atoms with Crippen molar-refractivity contribution in [3.05, 3.63) is 42.1 Å². The van der Waals surface area contributed by atoms with E-state index in [1.165, 1.54) is 7.11 Å². The van der Waals surface area contributed by atoms with Gasteiger partial charge in [0.25, 0.3) is 0 Å². The van der Waals surface area contributed by atoms with Crippen molar-refractivity contribution in [2.45, 2.75) is 19.8 Å². The van der Waals surface area contributed by atoms with Crippen LogP contribution in [-0.2, 0) is 4.74 Å². The SMILES string of the molecule is CCCCN(C)c1nccc(Nc2ccc(C(=O)OC)cc2)n1. The monoisotopic (exact) mass is 314 g/mol. The molecule has 0 atom stereocenters. The van der Waals surface area contributed by atoms with Crippen LogP contribution in [0.1, 0.15) is 30.1 Å². The molecule has 0 saturated heterocycles. The van der Waals surface area contributed by atoms with Gasteiger partial charge < -0.3 is 15.0 Å². The molecule has 0 aliphatic heterocycles. The van der Waals surface area contributed by atoms with E-state index >= 15 is 0 Å². The molecule has 0 aliphatic rings. The summed E-state index contributed by atoms with van der Waals surface area (Å²) in [4.78, 5) is 22.3. The molecule has 0 spiro atoms. The second kappa shape index (κ2) is 8.12. The molecule has 1 aromatic carbocycles. The van der Waals surface area contributed by atoms with Crippen LogP contribution in [0.4, 0.5) is 17.5 Å². The molecular formula is C17H22N4O2. The highest BCUT2D eigenvalue weighted by Crippen LogP contribution is 2.17. The summed E-state index contributed by atoms with van der Waals surface area (Å²) in [5.41, 5.74) is 1.36. The van der Waals surface area contributed by atoms with E-state index in [1.807, 2.05) is 30.1 Å². The molecule has 1 N–H and O–H groups in total. The van der Waals surface area contributed by atoms with Crippen molar-refractivity contribution in [3.63, 3.8) is 0 Å². The average Bonchev–Trinajstić information content (AvgIpc) is 2.60. The molecule has 2 aromatic rings. The van der Waals surface area contributed by atoms with Crippen LogP contribution < -0.4 is 10.2 Å². The summed E-state index contributed by atoms with van der Waals surface area (Å²) in [7, 11) is 3.35. The van der Waals surface area contributed by atoms with E-state index in [-0.39, 0.29) is 5.97 Å². The van der Waals surface area contributed by atoms with Gasteiger partial charge in [-0.05, 0) is 36.8 Å². The van der Waals surface area contributed by atoms with Crippen LogP contribution in [-0.4, -0.2) is 36.6 Å². The Morgan fingerprint density at radius 3 is 2.65 bits per heavy atom. The Hall–Kier alpha value is -2.63. The van der Waals surface area contributed by atoms with E-state index in [0.717, 1.165) is 25.1 Å². The molecule has 1 heterocycles. The molecule has 0 amide bonds. The van der Waals surface area contributed by atoms with Gasteiger partial charge in [0.1, 0.15) is 5.82 Å². The lowest BCUT2D eigenvalue weighted by Gasteiger charge is -2.17. The number of benzene rings is 1. The van der Waals surface area contributed by atoms with Crippen LogP contribution in [0.5, 0.6) is 0 Å². The topological polar surface area (TPSA) is 67.4 Å². The predicted molar refractivity (Wildman–Crippen MR) is 91.3 cm³/mol. The van der Waals surface area contributed by atoms with E-state index in [4.69, 9.17) is 0 Å². The number of anilines is 3. The summed E-state index contributed by atoms with van der Waals surface area (Å²) in [5.74, 6) is 1.05. The molecule has 0 aliphatic carbocycles. The van der Waals surface area contributed by atoms with Gasteiger partial charge in [0.2, 0.25) is 5.95 Å². The second-order valence-electron chi connectivity index (χ2n) is 5.21. The summed E-state index contributed by atoms with van der Waals surface area (Å²) in [6.07, 6.45) is 3.97. The molecule has 122 valence electrons. The maximum Gasteiger partial charge on any atom is 0.337 e. The molecule has 6 heteroatoms. The Balaban J connectivity index is 2.06. The van der Waals surface area contributed by atoms with Crippen molar-refractivity contribution >= 4 is 23.4 Å². The highest BCUT2D eigenvalue weighted by molar-refractivity contribution is 5.89. The molecule has 0 unspecified atom stereocenters. The van der Waals surface area contributed by atoms with Crippen LogP contribution >= 0.6 is 0 Å². The summed E-state index contributed by atoms with van der Waals surface area (Å²) < 4.78 is 4.68. The largest absolute Gasteiger partial charge is 0.465 e. The third-order valence-corrected chi connectivity index (χ3v) is 3.41. The lowest BCUT2D eigenvalue weighted by molar-refractivity contribution is 0.0601. The average molecular weight is 314 g/mol. The van der Waals surface area contributed by atoms with Crippen molar-refractivity contribution in [2.75, 3.05) is 30.9 Å². The molecule has 0 fully saturated rings. The van der Waals surface area contributed by atoms with E-state index in [2.05, 4.69) is 26.9 Å². The van der Waals surface area contributed by atoms with Gasteiger partial charge in [0, 0.05) is 25.5 Å². The van der Waals surface area contributed by atoms with Gasteiger partial charge in [-0.3, -0.25) is 0 Å². The minimum Gasteiger partial charge on any atom is -0.465 e. The standard InChI is InChI=1S/C17H22N4O2/c1-4-5-12-21(2)17-18-11-10-15(20-17)19-14-8-6-13(7-9-14)16(22)23-3/h6-11H,4-5,12H2,1-3H3,(H,18,19,20). The number of carbonyl (C=O) groups excluding carboxylic acids is 1. The summed E-state index contributed by atoms with van der Waals surface area (Å²) in [5, 5.41) is 3.21. The number of esters is 1. The van der Waals surface area contributed by atoms with Crippen LogP contribution in [0.3, 0.4) is 0 Å². The van der Waals surface area contributed by atoms with Crippen molar-refractivity contribution in [1.82, 2.24) is 9.97 Å². The maximum absolute atomic E-state index is 11.4. The van der Waals surface area contributed by atoms with Crippen LogP contribution in [0.15, 0.2) is 36.5 Å². The first-order chi connectivity index (χ1) is 11.1. The Morgan fingerprint density at radius 2 is 2.00 bits per heavy atom. The summed E-state index contributed by atoms with van der Waals surface area (Å²) >= 11 is 0. The van der Waals surface area contributed by atoms with Crippen LogP contribution in [0.25, 0.3) is 0 Å². The van der Waals surface area contributed by atoms with E-state index in [1.54, 1.807) is 18.3 Å². The molecular weight excluding hydrogens is 292 g/mol. The number of rotatable bonds is 7. The lowest BCUT2D eigenvalue weighted by atomic mass is 10.2. The fraction of sp³-hybridized carbons (Fsp3) is 0.353. The van der Waals surface area contributed by atoms with Crippen molar-refractivity contribution < 1.29 is 9.53 Å². The summed E-state index contributed by atoms with van der Waals surface area (Å²) in [6.45, 7) is 3.08. The molecule has 0 bridgehead atoms. The normalized spacial score (nSPS) is 10.2. The quantitative estimate of drug-likeness (QED) is 0.791. The van der Waals surface area contributed by atoms with Crippen molar-refractivity contribution in [2.24, 2.45) is 0 Å².